The van der Waals surface area contributed by atoms with Crippen molar-refractivity contribution in [1.82, 2.24) is 4.98 Å². The van der Waals surface area contributed by atoms with Crippen LogP contribution in [0.3, 0.4) is 0 Å². The normalized spacial score (nSPS) is 11.5. The van der Waals surface area contributed by atoms with Crippen LogP contribution in [0, 0.1) is 13.8 Å². The van der Waals surface area contributed by atoms with Gasteiger partial charge in [0, 0.05) is 23.5 Å². The molecular weight excluding hydrogens is 282 g/mol. The number of aryl methyl sites for hydroxylation is 2. The number of pyridine rings is 1. The maximum absolute atomic E-state index is 6.06. The number of benzene rings is 1. The second-order valence-electron chi connectivity index (χ2n) is 6.40. The zero-order valence-electron chi connectivity index (χ0n) is 13.3. The fourth-order valence-electron chi connectivity index (χ4n) is 2.11. The first-order chi connectivity index (χ1) is 9.81. The largest absolute Gasteiger partial charge is 0.457 e. The third kappa shape index (κ3) is 3.76. The highest BCUT2D eigenvalue weighted by Gasteiger charge is 2.15. The van der Waals surface area contributed by atoms with Crippen LogP contribution in [0.25, 0.3) is 0 Å². The Bertz CT molecular complexity index is 644. The van der Waals surface area contributed by atoms with E-state index in [1.165, 1.54) is 5.56 Å². The van der Waals surface area contributed by atoms with Gasteiger partial charge in [0.15, 0.2) is 0 Å². The molecule has 0 spiro atoms. The van der Waals surface area contributed by atoms with E-state index >= 15 is 0 Å². The topological polar surface area (TPSA) is 22.1 Å². The summed E-state index contributed by atoms with van der Waals surface area (Å²) in [6.07, 6.45) is 1.77. The zero-order valence-corrected chi connectivity index (χ0v) is 14.1. The molecule has 0 amide bonds. The van der Waals surface area contributed by atoms with E-state index in [-0.39, 0.29) is 5.41 Å². The van der Waals surface area contributed by atoms with Gasteiger partial charge in [0.25, 0.3) is 0 Å². The molecule has 0 N–H and O–H groups in total. The van der Waals surface area contributed by atoms with Crippen molar-refractivity contribution in [3.8, 4) is 11.5 Å². The minimum atomic E-state index is 0.137. The van der Waals surface area contributed by atoms with Crippen molar-refractivity contribution in [2.45, 2.75) is 45.9 Å². The number of aromatic nitrogens is 1. The number of ether oxygens (including phenoxy) is 1. The van der Waals surface area contributed by atoms with Gasteiger partial charge in [-0.15, -0.1) is 11.6 Å². The molecule has 112 valence electrons. The molecule has 21 heavy (non-hydrogen) atoms. The summed E-state index contributed by atoms with van der Waals surface area (Å²) in [6, 6.07) is 8.26. The fraction of sp³-hybridized carbons (Fsp3) is 0.389. The Hall–Kier alpha value is -1.54. The number of rotatable bonds is 3. The maximum atomic E-state index is 6.06. The van der Waals surface area contributed by atoms with E-state index in [9.17, 15) is 0 Å². The van der Waals surface area contributed by atoms with Gasteiger partial charge in [-0.1, -0.05) is 32.9 Å². The van der Waals surface area contributed by atoms with Crippen LogP contribution in [0.2, 0.25) is 0 Å². The van der Waals surface area contributed by atoms with Crippen molar-refractivity contribution < 1.29 is 4.74 Å². The maximum Gasteiger partial charge on any atom is 0.135 e. The molecule has 2 rings (SSSR count). The fourth-order valence-corrected chi connectivity index (χ4v) is 2.31. The van der Waals surface area contributed by atoms with E-state index in [1.54, 1.807) is 6.20 Å². The molecule has 0 saturated heterocycles. The van der Waals surface area contributed by atoms with Gasteiger partial charge in [-0.05, 0) is 36.5 Å². The smallest absolute Gasteiger partial charge is 0.135 e. The molecule has 3 heteroatoms. The Balaban J connectivity index is 2.34. The number of nitrogens with zero attached hydrogens (tertiary/aromatic N) is 1. The average molecular weight is 304 g/mol. The van der Waals surface area contributed by atoms with E-state index in [4.69, 9.17) is 16.3 Å². The third-order valence-corrected chi connectivity index (χ3v) is 3.77. The summed E-state index contributed by atoms with van der Waals surface area (Å²) in [7, 11) is 0. The van der Waals surface area contributed by atoms with Crippen molar-refractivity contribution in [2.24, 2.45) is 0 Å². The minimum absolute atomic E-state index is 0.137. The van der Waals surface area contributed by atoms with Crippen molar-refractivity contribution in [3.63, 3.8) is 0 Å². The summed E-state index contributed by atoms with van der Waals surface area (Å²) >= 11 is 5.96. The predicted molar refractivity (Wildman–Crippen MR) is 88.5 cm³/mol. The molecule has 0 bridgehead atoms. The Morgan fingerprint density at radius 1 is 1.10 bits per heavy atom. The molecule has 2 nitrogen and oxygen atoms in total. The second-order valence-corrected chi connectivity index (χ2v) is 6.67. The highest BCUT2D eigenvalue weighted by molar-refractivity contribution is 6.17. The first kappa shape index (κ1) is 15.8. The van der Waals surface area contributed by atoms with Crippen LogP contribution in [-0.4, -0.2) is 4.98 Å². The van der Waals surface area contributed by atoms with Gasteiger partial charge in [0.2, 0.25) is 0 Å². The highest BCUT2D eigenvalue weighted by atomic mass is 35.5. The number of hydrogen-bond donors (Lipinski definition) is 0. The zero-order chi connectivity index (χ0) is 15.6. The molecular formula is C18H22ClNO. The number of hydrogen-bond acceptors (Lipinski definition) is 2. The van der Waals surface area contributed by atoms with Crippen molar-refractivity contribution in [2.75, 3.05) is 0 Å². The monoisotopic (exact) mass is 303 g/mol. The molecule has 0 aliphatic carbocycles. The van der Waals surface area contributed by atoms with Crippen molar-refractivity contribution in [1.29, 1.82) is 0 Å². The predicted octanol–water partition coefficient (Wildman–Crippen LogP) is 5.53. The highest BCUT2D eigenvalue weighted by Crippen LogP contribution is 2.32. The van der Waals surface area contributed by atoms with Crippen LogP contribution < -0.4 is 4.74 Å². The molecule has 0 saturated carbocycles. The van der Waals surface area contributed by atoms with Gasteiger partial charge in [0.1, 0.15) is 11.5 Å². The summed E-state index contributed by atoms with van der Waals surface area (Å²) in [5.41, 5.74) is 4.38. The molecule has 2 aromatic rings. The van der Waals surface area contributed by atoms with Crippen LogP contribution in [0.4, 0.5) is 0 Å². The van der Waals surface area contributed by atoms with Crippen LogP contribution in [0.5, 0.6) is 11.5 Å². The Morgan fingerprint density at radius 3 is 2.38 bits per heavy atom. The lowest BCUT2D eigenvalue weighted by Gasteiger charge is -2.21. The van der Waals surface area contributed by atoms with Gasteiger partial charge < -0.3 is 4.74 Å². The Kier molecular flexibility index (Phi) is 4.58. The van der Waals surface area contributed by atoms with E-state index in [2.05, 4.69) is 44.8 Å². The summed E-state index contributed by atoms with van der Waals surface area (Å²) in [5.74, 6) is 2.03. The lowest BCUT2D eigenvalue weighted by Crippen LogP contribution is -2.11. The molecule has 1 aromatic heterocycles. The first-order valence-electron chi connectivity index (χ1n) is 7.11. The van der Waals surface area contributed by atoms with Gasteiger partial charge >= 0.3 is 0 Å². The molecule has 1 heterocycles. The summed E-state index contributed by atoms with van der Waals surface area (Å²) in [6.45, 7) is 10.6. The van der Waals surface area contributed by atoms with Gasteiger partial charge in [-0.3, -0.25) is 4.98 Å². The summed E-state index contributed by atoms with van der Waals surface area (Å²) in [4.78, 5) is 4.26. The van der Waals surface area contributed by atoms with Gasteiger partial charge in [0.05, 0.1) is 5.88 Å². The second kappa shape index (κ2) is 6.07. The number of halogens is 1. The molecule has 0 unspecified atom stereocenters. The SMILES string of the molecule is Cc1cc(Oc2ccc(C(C)(C)C)cc2C)c(CCl)cn1. The lowest BCUT2D eigenvalue weighted by molar-refractivity contribution is 0.472. The van der Waals surface area contributed by atoms with Crippen LogP contribution in [-0.2, 0) is 11.3 Å². The van der Waals surface area contributed by atoms with Gasteiger partial charge in [-0.2, -0.15) is 0 Å². The average Bonchev–Trinajstić information content (AvgIpc) is 2.40. The quantitative estimate of drug-likeness (QED) is 0.696. The third-order valence-electron chi connectivity index (χ3n) is 3.49. The van der Waals surface area contributed by atoms with Gasteiger partial charge in [-0.25, -0.2) is 0 Å². The van der Waals surface area contributed by atoms with E-state index < -0.39 is 0 Å². The summed E-state index contributed by atoms with van der Waals surface area (Å²) in [5, 5.41) is 0. The lowest BCUT2D eigenvalue weighted by atomic mass is 9.86. The minimum Gasteiger partial charge on any atom is -0.457 e. The first-order valence-corrected chi connectivity index (χ1v) is 7.65. The van der Waals surface area contributed by atoms with Crippen LogP contribution >= 0.6 is 11.6 Å². The van der Waals surface area contributed by atoms with Crippen molar-refractivity contribution >= 4 is 11.6 Å². The van der Waals surface area contributed by atoms with Crippen molar-refractivity contribution in [3.05, 3.63) is 52.8 Å². The Morgan fingerprint density at radius 2 is 1.81 bits per heavy atom. The standard InChI is InChI=1S/C18H22ClNO/c1-12-8-15(18(3,4)5)6-7-16(12)21-17-9-13(2)20-11-14(17)10-19/h6-9,11H,10H2,1-5H3. The van der Waals surface area contributed by atoms with E-state index in [0.717, 1.165) is 28.3 Å². The van der Waals surface area contributed by atoms with Crippen LogP contribution in [0.15, 0.2) is 30.5 Å². The Labute approximate surface area is 132 Å². The molecule has 0 aliphatic heterocycles. The molecule has 0 aliphatic rings. The van der Waals surface area contributed by atoms with E-state index in [1.807, 2.05) is 19.1 Å². The molecule has 0 radical (unpaired) electrons. The van der Waals surface area contributed by atoms with Crippen LogP contribution in [0.1, 0.15) is 43.2 Å². The molecule has 0 atom stereocenters. The summed E-state index contributed by atoms with van der Waals surface area (Å²) < 4.78 is 6.06. The number of alkyl halides is 1. The van der Waals surface area contributed by atoms with E-state index in [0.29, 0.717) is 5.88 Å². The molecule has 0 fully saturated rings. The molecule has 1 aromatic carbocycles.